The van der Waals surface area contributed by atoms with Gasteiger partial charge in [0.1, 0.15) is 6.10 Å². The molecule has 0 saturated heterocycles. The van der Waals surface area contributed by atoms with E-state index in [-0.39, 0.29) is 56.2 Å². The lowest BCUT2D eigenvalue weighted by Crippen LogP contribution is -2.37. The average Bonchev–Trinajstić information content (AvgIpc) is 3.24. The number of nitrogens with zero attached hydrogens (tertiary/aromatic N) is 2. The summed E-state index contributed by atoms with van der Waals surface area (Å²) in [7, 11) is 0. The van der Waals surface area contributed by atoms with Gasteiger partial charge in [0.05, 0.1) is 13.2 Å². The van der Waals surface area contributed by atoms with Gasteiger partial charge in [-0.05, 0) is 19.8 Å². The third-order valence-corrected chi connectivity index (χ3v) is 5.11. The van der Waals surface area contributed by atoms with Crippen molar-refractivity contribution < 1.29 is 38.2 Å². The van der Waals surface area contributed by atoms with E-state index in [4.69, 9.17) is 9.47 Å². The fourth-order valence-corrected chi connectivity index (χ4v) is 3.36. The molecule has 2 heterocycles. The van der Waals surface area contributed by atoms with Crippen molar-refractivity contribution in [2.45, 2.75) is 58.5 Å². The lowest BCUT2D eigenvalue weighted by Gasteiger charge is -2.19. The summed E-state index contributed by atoms with van der Waals surface area (Å²) in [6.45, 7) is 3.78. The van der Waals surface area contributed by atoms with Crippen LogP contribution in [0.25, 0.3) is 0 Å². The van der Waals surface area contributed by atoms with E-state index >= 15 is 0 Å². The molecule has 2 unspecified atom stereocenters. The number of imide groups is 2. The molecule has 0 spiro atoms. The predicted molar refractivity (Wildman–Crippen MR) is 115 cm³/mol. The zero-order chi connectivity index (χ0) is 24.4. The molecule has 0 bridgehead atoms. The Morgan fingerprint density at radius 3 is 1.70 bits per heavy atom. The number of hydrogen-bond donors (Lipinski definition) is 0. The van der Waals surface area contributed by atoms with Crippen LogP contribution in [0.2, 0.25) is 0 Å². The van der Waals surface area contributed by atoms with E-state index in [9.17, 15) is 28.8 Å². The standard InChI is InChI=1S/C23H30N2O8/c1-16(13-24-18(26)9-10-19(24)27)15-32-22(30)7-5-3-4-6-8-23(31)33-17(2)14-25-20(28)11-12-21(25)29/h9-12,16-17H,3-8,13-15H2,1-2H3. The molecule has 2 aliphatic rings. The number of amides is 4. The molecule has 33 heavy (non-hydrogen) atoms. The van der Waals surface area contributed by atoms with Crippen molar-refractivity contribution in [2.24, 2.45) is 5.92 Å². The molecular formula is C23H30N2O8. The minimum Gasteiger partial charge on any atom is -0.465 e. The van der Waals surface area contributed by atoms with Crippen molar-refractivity contribution in [3.8, 4) is 0 Å². The molecule has 4 amide bonds. The molecule has 0 N–H and O–H groups in total. The number of hydrogen-bond acceptors (Lipinski definition) is 8. The summed E-state index contributed by atoms with van der Waals surface area (Å²) in [5.41, 5.74) is 0. The Labute approximate surface area is 192 Å². The zero-order valence-electron chi connectivity index (χ0n) is 19.0. The summed E-state index contributed by atoms with van der Waals surface area (Å²) in [6.07, 6.45) is 7.41. The van der Waals surface area contributed by atoms with Gasteiger partial charge in [-0.3, -0.25) is 38.6 Å². The second-order valence-corrected chi connectivity index (χ2v) is 8.24. The molecular weight excluding hydrogens is 432 g/mol. The first-order valence-corrected chi connectivity index (χ1v) is 11.1. The van der Waals surface area contributed by atoms with Crippen LogP contribution in [0.5, 0.6) is 0 Å². The maximum absolute atomic E-state index is 11.9. The molecule has 10 heteroatoms. The molecule has 10 nitrogen and oxygen atoms in total. The van der Waals surface area contributed by atoms with Crippen LogP contribution in [-0.2, 0) is 38.2 Å². The molecule has 2 aliphatic heterocycles. The second-order valence-electron chi connectivity index (χ2n) is 8.24. The van der Waals surface area contributed by atoms with Gasteiger partial charge in [-0.2, -0.15) is 0 Å². The second kappa shape index (κ2) is 12.7. The lowest BCUT2D eigenvalue weighted by atomic mass is 10.1. The number of carbonyl (C=O) groups excluding carboxylic acids is 6. The highest BCUT2D eigenvalue weighted by molar-refractivity contribution is 6.13. The van der Waals surface area contributed by atoms with Crippen LogP contribution in [0.1, 0.15) is 52.4 Å². The average molecular weight is 462 g/mol. The van der Waals surface area contributed by atoms with Crippen molar-refractivity contribution in [3.63, 3.8) is 0 Å². The molecule has 2 atom stereocenters. The van der Waals surface area contributed by atoms with Gasteiger partial charge < -0.3 is 9.47 Å². The highest BCUT2D eigenvalue weighted by atomic mass is 16.5. The number of esters is 2. The topological polar surface area (TPSA) is 127 Å². The van der Waals surface area contributed by atoms with E-state index < -0.39 is 23.9 Å². The third kappa shape index (κ3) is 8.63. The van der Waals surface area contributed by atoms with Gasteiger partial charge in [-0.1, -0.05) is 19.8 Å². The van der Waals surface area contributed by atoms with E-state index in [0.29, 0.717) is 12.8 Å². The number of ether oxygens (including phenoxy) is 2. The maximum Gasteiger partial charge on any atom is 0.306 e. The quantitative estimate of drug-likeness (QED) is 0.215. The minimum atomic E-state index is -0.583. The Morgan fingerprint density at radius 1 is 0.727 bits per heavy atom. The molecule has 180 valence electrons. The molecule has 0 aromatic carbocycles. The summed E-state index contributed by atoms with van der Waals surface area (Å²) in [5.74, 6) is -2.43. The highest BCUT2D eigenvalue weighted by Gasteiger charge is 2.26. The van der Waals surface area contributed by atoms with Gasteiger partial charge >= 0.3 is 11.9 Å². The first kappa shape index (κ1) is 26.0. The van der Waals surface area contributed by atoms with Gasteiger partial charge in [-0.25, -0.2) is 0 Å². The molecule has 0 saturated carbocycles. The molecule has 0 radical (unpaired) electrons. The predicted octanol–water partition coefficient (Wildman–Crippen LogP) is 1.29. The van der Waals surface area contributed by atoms with E-state index in [1.807, 2.05) is 0 Å². The Hall–Kier alpha value is -3.30. The Kier molecular flexibility index (Phi) is 9.96. The monoisotopic (exact) mass is 462 g/mol. The Morgan fingerprint density at radius 2 is 1.18 bits per heavy atom. The summed E-state index contributed by atoms with van der Waals surface area (Å²) >= 11 is 0. The van der Waals surface area contributed by atoms with Crippen LogP contribution in [-0.4, -0.2) is 71.2 Å². The third-order valence-electron chi connectivity index (χ3n) is 5.11. The Bertz CT molecular complexity index is 811. The van der Waals surface area contributed by atoms with Crippen LogP contribution >= 0.6 is 0 Å². The molecule has 2 rings (SSSR count). The van der Waals surface area contributed by atoms with Crippen molar-refractivity contribution in [3.05, 3.63) is 24.3 Å². The maximum atomic E-state index is 11.9. The first-order chi connectivity index (χ1) is 15.7. The largest absolute Gasteiger partial charge is 0.465 e. The first-order valence-electron chi connectivity index (χ1n) is 11.1. The van der Waals surface area contributed by atoms with E-state index in [0.717, 1.165) is 22.6 Å². The Balaban J connectivity index is 1.47. The normalized spacial score (nSPS) is 17.2. The van der Waals surface area contributed by atoms with Gasteiger partial charge in [0.2, 0.25) is 0 Å². The number of rotatable bonds is 14. The van der Waals surface area contributed by atoms with Crippen LogP contribution in [0.15, 0.2) is 24.3 Å². The zero-order valence-corrected chi connectivity index (χ0v) is 19.0. The van der Waals surface area contributed by atoms with Crippen molar-refractivity contribution in [1.29, 1.82) is 0 Å². The van der Waals surface area contributed by atoms with Gasteiger partial charge in [0.15, 0.2) is 0 Å². The summed E-state index contributed by atoms with van der Waals surface area (Å²) in [4.78, 5) is 72.0. The van der Waals surface area contributed by atoms with Crippen molar-refractivity contribution in [2.75, 3.05) is 19.7 Å². The fourth-order valence-electron chi connectivity index (χ4n) is 3.36. The summed E-state index contributed by atoms with van der Waals surface area (Å²) < 4.78 is 10.4. The molecule has 0 aromatic rings. The number of unbranched alkanes of at least 4 members (excludes halogenated alkanes) is 3. The van der Waals surface area contributed by atoms with Crippen LogP contribution in [0, 0.1) is 5.92 Å². The van der Waals surface area contributed by atoms with E-state index in [1.54, 1.807) is 13.8 Å². The SMILES string of the molecule is CC(COC(=O)CCCCCCC(=O)OC(C)CN1C(=O)C=CC1=O)CN1C(=O)C=CC1=O. The van der Waals surface area contributed by atoms with E-state index in [1.165, 1.54) is 24.3 Å². The van der Waals surface area contributed by atoms with Gasteiger partial charge in [0, 0.05) is 49.6 Å². The van der Waals surface area contributed by atoms with Crippen LogP contribution < -0.4 is 0 Å². The molecule has 0 aromatic heterocycles. The van der Waals surface area contributed by atoms with Crippen LogP contribution in [0.3, 0.4) is 0 Å². The lowest BCUT2D eigenvalue weighted by molar-refractivity contribution is -0.152. The van der Waals surface area contributed by atoms with Gasteiger partial charge in [-0.15, -0.1) is 0 Å². The van der Waals surface area contributed by atoms with Crippen LogP contribution in [0.4, 0.5) is 0 Å². The van der Waals surface area contributed by atoms with E-state index in [2.05, 4.69) is 0 Å². The summed E-state index contributed by atoms with van der Waals surface area (Å²) in [5, 5.41) is 0. The fraction of sp³-hybridized carbons (Fsp3) is 0.565. The van der Waals surface area contributed by atoms with Crippen molar-refractivity contribution in [1.82, 2.24) is 9.80 Å². The summed E-state index contributed by atoms with van der Waals surface area (Å²) in [6, 6.07) is 0. The smallest absolute Gasteiger partial charge is 0.306 e. The minimum absolute atomic E-state index is 0.0265. The molecule has 0 fully saturated rings. The van der Waals surface area contributed by atoms with Gasteiger partial charge in [0.25, 0.3) is 23.6 Å². The van der Waals surface area contributed by atoms with Crippen molar-refractivity contribution >= 4 is 35.6 Å². The number of carbonyl (C=O) groups is 6. The molecule has 0 aliphatic carbocycles. The highest BCUT2D eigenvalue weighted by Crippen LogP contribution is 2.11.